The monoisotopic (exact) mass is 352 g/mol. The largest absolute Gasteiger partial charge is 0.496 e. The van der Waals surface area contributed by atoms with E-state index in [1.807, 2.05) is 0 Å². The number of ether oxygens (including phenoxy) is 1. The minimum atomic E-state index is -0.401. The zero-order chi connectivity index (χ0) is 15.4. The number of aromatic nitrogens is 1. The minimum absolute atomic E-state index is 0.289. The average Bonchev–Trinajstić information content (AvgIpc) is 2.47. The fourth-order valence-corrected chi connectivity index (χ4v) is 2.30. The summed E-state index contributed by atoms with van der Waals surface area (Å²) in [6.45, 7) is 1.76. The van der Waals surface area contributed by atoms with Crippen molar-refractivity contribution in [2.75, 3.05) is 7.11 Å². The van der Waals surface area contributed by atoms with Crippen LogP contribution in [0.3, 0.4) is 0 Å². The Morgan fingerprint density at radius 3 is 2.81 bits per heavy atom. The van der Waals surface area contributed by atoms with Crippen molar-refractivity contribution in [2.24, 2.45) is 0 Å². The quantitative estimate of drug-likeness (QED) is 0.916. The van der Waals surface area contributed by atoms with Gasteiger partial charge in [-0.3, -0.25) is 9.78 Å². The van der Waals surface area contributed by atoms with Crippen molar-refractivity contribution in [1.29, 1.82) is 0 Å². The van der Waals surface area contributed by atoms with Crippen LogP contribution in [-0.2, 0) is 0 Å². The van der Waals surface area contributed by atoms with Crippen LogP contribution in [0.4, 0.5) is 4.39 Å². The van der Waals surface area contributed by atoms with Crippen LogP contribution in [0.25, 0.3) is 0 Å². The van der Waals surface area contributed by atoms with Crippen molar-refractivity contribution >= 4 is 21.8 Å². The molecule has 1 amide bonds. The van der Waals surface area contributed by atoms with Gasteiger partial charge in [-0.1, -0.05) is 0 Å². The molecule has 110 valence electrons. The molecule has 2 rings (SSSR count). The number of benzene rings is 1. The highest BCUT2D eigenvalue weighted by molar-refractivity contribution is 9.10. The summed E-state index contributed by atoms with van der Waals surface area (Å²) < 4.78 is 19.3. The Morgan fingerprint density at radius 1 is 1.38 bits per heavy atom. The molecule has 0 saturated carbocycles. The molecule has 1 unspecified atom stereocenters. The van der Waals surface area contributed by atoms with Crippen LogP contribution in [0, 0.1) is 5.82 Å². The molecule has 1 N–H and O–H groups in total. The molecular formula is C15H14BrFN2O2. The van der Waals surface area contributed by atoms with Gasteiger partial charge in [0.2, 0.25) is 0 Å². The van der Waals surface area contributed by atoms with Gasteiger partial charge in [-0.05, 0) is 47.1 Å². The van der Waals surface area contributed by atoms with Crippen LogP contribution in [0.2, 0.25) is 0 Å². The first-order valence-corrected chi connectivity index (χ1v) is 7.05. The van der Waals surface area contributed by atoms with Crippen molar-refractivity contribution in [3.8, 4) is 5.75 Å². The maximum Gasteiger partial charge on any atom is 0.253 e. The molecule has 1 aromatic carbocycles. The molecule has 0 fully saturated rings. The first-order valence-electron chi connectivity index (χ1n) is 6.26. The van der Waals surface area contributed by atoms with E-state index < -0.39 is 6.04 Å². The molecule has 1 aromatic heterocycles. The Labute approximate surface area is 130 Å². The van der Waals surface area contributed by atoms with E-state index in [-0.39, 0.29) is 11.7 Å². The zero-order valence-corrected chi connectivity index (χ0v) is 13.1. The lowest BCUT2D eigenvalue weighted by molar-refractivity contribution is 0.0939. The molecule has 0 radical (unpaired) electrons. The molecular weight excluding hydrogens is 339 g/mol. The smallest absolute Gasteiger partial charge is 0.253 e. The molecule has 2 aromatic rings. The highest BCUT2D eigenvalue weighted by atomic mass is 79.9. The SMILES string of the molecule is COc1ccc(F)cc1C(C)NC(=O)c1cncc(Br)c1. The standard InChI is InChI=1S/C15H14BrFN2O2/c1-9(13-6-12(17)3-4-14(13)21-2)19-15(20)10-5-11(16)8-18-7-10/h3-9H,1-2H3,(H,19,20). The van der Waals surface area contributed by atoms with E-state index in [0.29, 0.717) is 21.3 Å². The number of hydrogen-bond donors (Lipinski definition) is 1. The summed E-state index contributed by atoms with van der Waals surface area (Å²) in [5.74, 6) is -0.143. The van der Waals surface area contributed by atoms with E-state index in [2.05, 4.69) is 26.2 Å². The lowest BCUT2D eigenvalue weighted by Gasteiger charge is -2.17. The second-order valence-corrected chi connectivity index (χ2v) is 5.39. The normalized spacial score (nSPS) is 11.8. The Bertz CT molecular complexity index is 664. The fourth-order valence-electron chi connectivity index (χ4n) is 1.94. The molecule has 4 nitrogen and oxygen atoms in total. The van der Waals surface area contributed by atoms with Crippen LogP contribution in [0.1, 0.15) is 28.9 Å². The Hall–Kier alpha value is -1.95. The molecule has 0 saturated heterocycles. The number of carbonyl (C=O) groups is 1. The molecule has 0 aliphatic heterocycles. The number of methoxy groups -OCH3 is 1. The summed E-state index contributed by atoms with van der Waals surface area (Å²) in [6, 6.07) is 5.46. The third kappa shape index (κ3) is 3.78. The predicted octanol–water partition coefficient (Wildman–Crippen LogP) is 3.48. The summed E-state index contributed by atoms with van der Waals surface area (Å²) in [5.41, 5.74) is 1.00. The van der Waals surface area contributed by atoms with Crippen molar-refractivity contribution in [3.05, 3.63) is 58.1 Å². The predicted molar refractivity (Wildman–Crippen MR) is 80.8 cm³/mol. The van der Waals surface area contributed by atoms with Crippen LogP contribution in [-0.4, -0.2) is 18.0 Å². The van der Waals surface area contributed by atoms with Crippen LogP contribution >= 0.6 is 15.9 Å². The Kier molecular flexibility index (Phi) is 4.90. The van der Waals surface area contributed by atoms with Crippen molar-refractivity contribution < 1.29 is 13.9 Å². The van der Waals surface area contributed by atoms with Gasteiger partial charge in [-0.25, -0.2) is 4.39 Å². The Morgan fingerprint density at radius 2 is 2.14 bits per heavy atom. The summed E-state index contributed by atoms with van der Waals surface area (Å²) in [6.07, 6.45) is 3.06. The van der Waals surface area contributed by atoms with Crippen LogP contribution in [0.5, 0.6) is 5.75 Å². The van der Waals surface area contributed by atoms with Crippen molar-refractivity contribution in [3.63, 3.8) is 0 Å². The van der Waals surface area contributed by atoms with E-state index >= 15 is 0 Å². The summed E-state index contributed by atoms with van der Waals surface area (Å²) in [7, 11) is 1.50. The van der Waals surface area contributed by atoms with E-state index in [1.54, 1.807) is 19.2 Å². The third-order valence-electron chi connectivity index (χ3n) is 2.97. The average molecular weight is 353 g/mol. The van der Waals surface area contributed by atoms with Gasteiger partial charge < -0.3 is 10.1 Å². The summed E-state index contributed by atoms with van der Waals surface area (Å²) in [4.78, 5) is 16.1. The lowest BCUT2D eigenvalue weighted by atomic mass is 10.1. The first-order chi connectivity index (χ1) is 10.0. The van der Waals surface area contributed by atoms with Gasteiger partial charge in [-0.15, -0.1) is 0 Å². The highest BCUT2D eigenvalue weighted by Gasteiger charge is 2.16. The van der Waals surface area contributed by atoms with Gasteiger partial charge in [0.05, 0.1) is 18.7 Å². The van der Waals surface area contributed by atoms with Crippen LogP contribution < -0.4 is 10.1 Å². The zero-order valence-electron chi connectivity index (χ0n) is 11.6. The number of carbonyl (C=O) groups excluding carboxylic acids is 1. The summed E-state index contributed by atoms with van der Waals surface area (Å²) in [5, 5.41) is 2.80. The van der Waals surface area contributed by atoms with E-state index in [9.17, 15) is 9.18 Å². The van der Waals surface area contributed by atoms with Gasteiger partial charge in [0.15, 0.2) is 0 Å². The lowest BCUT2D eigenvalue weighted by Crippen LogP contribution is -2.27. The van der Waals surface area contributed by atoms with E-state index in [1.165, 1.54) is 31.5 Å². The second kappa shape index (κ2) is 6.67. The molecule has 0 bridgehead atoms. The molecule has 21 heavy (non-hydrogen) atoms. The van der Waals surface area contributed by atoms with Gasteiger partial charge in [0, 0.05) is 22.4 Å². The van der Waals surface area contributed by atoms with E-state index in [0.717, 1.165) is 0 Å². The van der Waals surface area contributed by atoms with Gasteiger partial charge in [0.1, 0.15) is 11.6 Å². The van der Waals surface area contributed by atoms with Crippen LogP contribution in [0.15, 0.2) is 41.1 Å². The number of rotatable bonds is 4. The molecule has 6 heteroatoms. The maximum atomic E-state index is 13.4. The molecule has 1 atom stereocenters. The molecule has 1 heterocycles. The second-order valence-electron chi connectivity index (χ2n) is 4.47. The number of nitrogens with zero attached hydrogens (tertiary/aromatic N) is 1. The van der Waals surface area contributed by atoms with E-state index in [4.69, 9.17) is 4.74 Å². The molecule has 0 aliphatic rings. The topological polar surface area (TPSA) is 51.2 Å². The number of hydrogen-bond acceptors (Lipinski definition) is 3. The Balaban J connectivity index is 2.20. The van der Waals surface area contributed by atoms with Crippen molar-refractivity contribution in [2.45, 2.75) is 13.0 Å². The van der Waals surface area contributed by atoms with Gasteiger partial charge in [0.25, 0.3) is 5.91 Å². The first kappa shape index (κ1) is 15.4. The fraction of sp³-hybridized carbons (Fsp3) is 0.200. The summed E-state index contributed by atoms with van der Waals surface area (Å²) >= 11 is 3.26. The van der Waals surface area contributed by atoms with Crippen molar-refractivity contribution in [1.82, 2.24) is 10.3 Å². The van der Waals surface area contributed by atoms with Gasteiger partial charge in [-0.2, -0.15) is 0 Å². The molecule has 0 aliphatic carbocycles. The number of halogens is 2. The van der Waals surface area contributed by atoms with Gasteiger partial charge >= 0.3 is 0 Å². The third-order valence-corrected chi connectivity index (χ3v) is 3.41. The molecule has 0 spiro atoms. The maximum absolute atomic E-state index is 13.4. The number of nitrogens with one attached hydrogen (secondary N) is 1. The highest BCUT2D eigenvalue weighted by Crippen LogP contribution is 2.26. The minimum Gasteiger partial charge on any atom is -0.496 e. The number of pyridine rings is 1. The number of amides is 1.